The van der Waals surface area contributed by atoms with E-state index in [0.717, 1.165) is 0 Å². The van der Waals surface area contributed by atoms with Crippen LogP contribution in [-0.2, 0) is 0 Å². The van der Waals surface area contributed by atoms with Crippen molar-refractivity contribution in [3.8, 4) is 0 Å². The third kappa shape index (κ3) is 6.19. The molecule has 3 rings (SSSR count). The Morgan fingerprint density at radius 3 is 0.818 bits per heavy atom. The van der Waals surface area contributed by atoms with Gasteiger partial charge in [0, 0.05) is 0 Å². The summed E-state index contributed by atoms with van der Waals surface area (Å²) in [5, 5.41) is 4.19. The third-order valence-corrected chi connectivity index (χ3v) is 5.49. The molecule has 0 saturated carbocycles. The Kier molecular flexibility index (Phi) is 13.1. The van der Waals surface area contributed by atoms with E-state index >= 15 is 0 Å². The molecule has 0 fully saturated rings. The summed E-state index contributed by atoms with van der Waals surface area (Å²) >= 11 is 0. The Labute approximate surface area is 200 Å². The SMILES string of the molecule is [Na+].[Na+].[Na+].c1ccc(P(c2ccccc2)c2ccccc2)cc1. The van der Waals surface area contributed by atoms with Crippen LogP contribution >= 0.6 is 7.92 Å². The molecule has 0 aliphatic heterocycles. The van der Waals surface area contributed by atoms with Crippen LogP contribution in [0.25, 0.3) is 0 Å². The van der Waals surface area contributed by atoms with Gasteiger partial charge in [-0.3, -0.25) is 0 Å². The molecule has 0 aromatic heterocycles. The minimum absolute atomic E-state index is 0. The molecule has 0 saturated heterocycles. The first-order valence-electron chi connectivity index (χ1n) is 6.40. The molecular formula is C18H15Na3P+3. The zero-order valence-electron chi connectivity index (χ0n) is 13.6. The molecule has 0 nitrogen and oxygen atoms in total. The predicted octanol–water partition coefficient (Wildman–Crippen LogP) is -5.54. The van der Waals surface area contributed by atoms with E-state index in [-0.39, 0.29) is 88.7 Å². The van der Waals surface area contributed by atoms with Crippen LogP contribution in [0, 0.1) is 0 Å². The van der Waals surface area contributed by atoms with Gasteiger partial charge in [0.15, 0.2) is 0 Å². The van der Waals surface area contributed by atoms with Crippen molar-refractivity contribution >= 4 is 23.8 Å². The summed E-state index contributed by atoms with van der Waals surface area (Å²) in [6.07, 6.45) is 0. The number of benzene rings is 3. The van der Waals surface area contributed by atoms with Crippen LogP contribution in [0.3, 0.4) is 0 Å². The summed E-state index contributed by atoms with van der Waals surface area (Å²) in [6.45, 7) is 0. The third-order valence-electron chi connectivity index (χ3n) is 3.04. The van der Waals surface area contributed by atoms with E-state index in [1.54, 1.807) is 0 Å². The summed E-state index contributed by atoms with van der Waals surface area (Å²) in [5.74, 6) is 0. The minimum atomic E-state index is -0.446. The summed E-state index contributed by atoms with van der Waals surface area (Å²) < 4.78 is 0. The van der Waals surface area contributed by atoms with Gasteiger partial charge >= 0.3 is 88.7 Å². The second-order valence-corrected chi connectivity index (χ2v) is 6.56. The molecule has 4 heteroatoms. The Balaban J connectivity index is 0.00000147. The van der Waals surface area contributed by atoms with Crippen molar-refractivity contribution in [2.75, 3.05) is 0 Å². The molecule has 3 aromatic rings. The predicted molar refractivity (Wildman–Crippen MR) is 85.1 cm³/mol. The van der Waals surface area contributed by atoms with Crippen molar-refractivity contribution in [3.05, 3.63) is 91.0 Å². The van der Waals surface area contributed by atoms with Gasteiger partial charge in [-0.25, -0.2) is 0 Å². The van der Waals surface area contributed by atoms with Crippen LogP contribution in [0.15, 0.2) is 91.0 Å². The standard InChI is InChI=1S/C18H15P.3Na/c1-4-10-16(11-5-1)19(17-12-6-2-7-13-17)18-14-8-3-9-15-18;;;/h1-15H;;;/q;3*+1. The molecule has 0 radical (unpaired) electrons. The number of hydrogen-bond acceptors (Lipinski definition) is 0. The van der Waals surface area contributed by atoms with Gasteiger partial charge in [0.1, 0.15) is 0 Å². The maximum atomic E-state index is 2.23. The zero-order valence-corrected chi connectivity index (χ0v) is 20.5. The second kappa shape index (κ2) is 12.5. The molecule has 0 heterocycles. The van der Waals surface area contributed by atoms with Crippen LogP contribution < -0.4 is 105 Å². The van der Waals surface area contributed by atoms with E-state index in [2.05, 4.69) is 91.0 Å². The van der Waals surface area contributed by atoms with Gasteiger partial charge in [-0.2, -0.15) is 0 Å². The Morgan fingerprint density at radius 1 is 0.364 bits per heavy atom. The average Bonchev–Trinajstić information content (AvgIpc) is 2.51. The second-order valence-electron chi connectivity index (χ2n) is 4.34. The molecule has 0 N–H and O–H groups in total. The molecule has 92 valence electrons. The van der Waals surface area contributed by atoms with Crippen molar-refractivity contribution in [1.29, 1.82) is 0 Å². The fourth-order valence-corrected chi connectivity index (χ4v) is 4.48. The molecule has 0 aliphatic carbocycles. The topological polar surface area (TPSA) is 0 Å². The Morgan fingerprint density at radius 2 is 0.591 bits per heavy atom. The average molecular weight is 331 g/mol. The summed E-state index contributed by atoms with van der Waals surface area (Å²) in [4.78, 5) is 0. The van der Waals surface area contributed by atoms with Crippen molar-refractivity contribution in [2.24, 2.45) is 0 Å². The fourth-order valence-electron chi connectivity index (χ4n) is 2.18. The quantitative estimate of drug-likeness (QED) is 0.332. The van der Waals surface area contributed by atoms with E-state index in [1.807, 2.05) is 0 Å². The van der Waals surface area contributed by atoms with E-state index < -0.39 is 7.92 Å². The first-order valence-corrected chi connectivity index (χ1v) is 7.74. The van der Waals surface area contributed by atoms with Gasteiger partial charge in [0.2, 0.25) is 0 Å². The largest absolute Gasteiger partial charge is 1.00 e. The Hall–Kier alpha value is 1.09. The molecule has 0 unspecified atom stereocenters. The van der Waals surface area contributed by atoms with Gasteiger partial charge in [-0.1, -0.05) is 91.0 Å². The molecular weight excluding hydrogens is 316 g/mol. The van der Waals surface area contributed by atoms with Crippen LogP contribution in [0.1, 0.15) is 0 Å². The van der Waals surface area contributed by atoms with Gasteiger partial charge < -0.3 is 0 Å². The Bertz CT molecular complexity index is 536. The van der Waals surface area contributed by atoms with Gasteiger partial charge in [0.25, 0.3) is 0 Å². The number of rotatable bonds is 3. The van der Waals surface area contributed by atoms with E-state index in [0.29, 0.717) is 0 Å². The van der Waals surface area contributed by atoms with Crippen molar-refractivity contribution in [1.82, 2.24) is 0 Å². The zero-order chi connectivity index (χ0) is 12.9. The first-order chi connectivity index (χ1) is 9.45. The van der Waals surface area contributed by atoms with Crippen LogP contribution in [0.4, 0.5) is 0 Å². The first kappa shape index (κ1) is 23.1. The summed E-state index contributed by atoms with van der Waals surface area (Å²) in [6, 6.07) is 32.3. The maximum Gasteiger partial charge on any atom is 1.00 e. The van der Waals surface area contributed by atoms with Gasteiger partial charge in [-0.05, 0) is 23.8 Å². The van der Waals surface area contributed by atoms with Gasteiger partial charge in [0.05, 0.1) is 0 Å². The molecule has 0 bridgehead atoms. The summed E-state index contributed by atoms with van der Waals surface area (Å²) in [7, 11) is -0.446. The van der Waals surface area contributed by atoms with E-state index in [4.69, 9.17) is 0 Å². The van der Waals surface area contributed by atoms with Crippen LogP contribution in [0.5, 0.6) is 0 Å². The van der Waals surface area contributed by atoms with Crippen LogP contribution in [0.2, 0.25) is 0 Å². The normalized spacial score (nSPS) is 9.14. The summed E-state index contributed by atoms with van der Waals surface area (Å²) in [5.41, 5.74) is 0. The maximum absolute atomic E-state index is 2.23. The van der Waals surface area contributed by atoms with Crippen LogP contribution in [-0.4, -0.2) is 0 Å². The molecule has 0 atom stereocenters. The van der Waals surface area contributed by atoms with E-state index in [1.165, 1.54) is 15.9 Å². The number of hydrogen-bond donors (Lipinski definition) is 0. The minimum Gasteiger partial charge on any atom is -0.0622 e. The van der Waals surface area contributed by atoms with E-state index in [9.17, 15) is 0 Å². The smallest absolute Gasteiger partial charge is 0.0622 e. The monoisotopic (exact) mass is 331 g/mol. The molecule has 3 aromatic carbocycles. The van der Waals surface area contributed by atoms with Gasteiger partial charge in [-0.15, -0.1) is 0 Å². The molecule has 0 amide bonds. The van der Waals surface area contributed by atoms with Crippen molar-refractivity contribution < 1.29 is 88.7 Å². The molecule has 0 aliphatic rings. The van der Waals surface area contributed by atoms with Crippen molar-refractivity contribution in [2.45, 2.75) is 0 Å². The fraction of sp³-hybridized carbons (Fsp3) is 0. The van der Waals surface area contributed by atoms with Crippen molar-refractivity contribution in [3.63, 3.8) is 0 Å². The molecule has 22 heavy (non-hydrogen) atoms. The molecule has 0 spiro atoms.